The predicted molar refractivity (Wildman–Crippen MR) is 355 cm³/mol. The Hall–Kier alpha value is -6.86. The van der Waals surface area contributed by atoms with E-state index in [0.717, 1.165) is 83.8 Å². The second-order valence-corrected chi connectivity index (χ2v) is 32.6. The van der Waals surface area contributed by atoms with E-state index in [-0.39, 0.29) is 106 Å². The van der Waals surface area contributed by atoms with Crippen LogP contribution >= 0.6 is 0 Å². The zero-order valence-electron chi connectivity index (χ0n) is 56.0. The molecule has 7 nitrogen and oxygen atoms in total. The SMILES string of the molecule is CC(C)(C)c1cc2c(O)c(c1)Cc1cc(C(C)(C)C)cc(c1O)Cc1cc(C(C)(C)C)cc(c1O)Cc1cc(C(C)(C)C)cc3c1OCCOc1c(cc(C(C)(C)C)cc1C3)Cc1cc(C(C)(C)C)cc(c1O)Cc1cc(C(C)(C)C)cc(c1O)C2. The zero-order chi connectivity index (χ0) is 63.3. The number of aromatic hydroxyl groups is 5. The number of rotatable bonds is 0. The molecule has 0 spiro atoms. The Morgan fingerprint density at radius 3 is 0.465 bits per heavy atom. The lowest BCUT2D eigenvalue weighted by atomic mass is 9.79. The number of benzene rings is 7. The molecular weight excluding hydrogens is 1060 g/mol. The molecule has 0 aromatic heterocycles. The molecule has 1 aliphatic carbocycles. The first-order valence-electron chi connectivity index (χ1n) is 31.4. The molecule has 458 valence electrons. The highest BCUT2D eigenvalue weighted by Gasteiger charge is 2.31. The van der Waals surface area contributed by atoms with Gasteiger partial charge in [-0.05, 0) is 155 Å². The summed E-state index contributed by atoms with van der Waals surface area (Å²) in [6.45, 7) is 46.7. The molecule has 0 unspecified atom stereocenters. The smallest absolute Gasteiger partial charge is 0.126 e. The minimum absolute atomic E-state index is 0.115. The van der Waals surface area contributed by atoms with E-state index in [1.807, 2.05) is 0 Å². The maximum Gasteiger partial charge on any atom is 0.126 e. The van der Waals surface area contributed by atoms with Gasteiger partial charge in [0.05, 0.1) is 0 Å². The van der Waals surface area contributed by atoms with Crippen LogP contribution in [0.3, 0.4) is 0 Å². The summed E-state index contributed by atoms with van der Waals surface area (Å²) in [5, 5.41) is 63.9. The molecule has 0 atom stereocenters. The van der Waals surface area contributed by atoms with Crippen molar-refractivity contribution in [3.05, 3.63) is 202 Å². The normalized spacial score (nSPS) is 14.8. The maximum absolute atomic E-state index is 12.9. The van der Waals surface area contributed by atoms with Crippen molar-refractivity contribution in [2.24, 2.45) is 0 Å². The number of phenols is 5. The van der Waals surface area contributed by atoms with Crippen molar-refractivity contribution in [1.82, 2.24) is 0 Å². The van der Waals surface area contributed by atoms with Crippen molar-refractivity contribution in [2.45, 2.75) is 228 Å². The van der Waals surface area contributed by atoms with Gasteiger partial charge in [-0.1, -0.05) is 230 Å². The fourth-order valence-corrected chi connectivity index (χ4v) is 12.3. The molecule has 9 rings (SSSR count). The van der Waals surface area contributed by atoms with Gasteiger partial charge in [0.15, 0.2) is 0 Å². The van der Waals surface area contributed by atoms with Gasteiger partial charge in [0.1, 0.15) is 53.5 Å². The highest BCUT2D eigenvalue weighted by Crippen LogP contribution is 2.46. The topological polar surface area (TPSA) is 120 Å². The maximum atomic E-state index is 12.9. The first-order valence-corrected chi connectivity index (χ1v) is 31.4. The largest absolute Gasteiger partial charge is 0.507 e. The van der Waals surface area contributed by atoms with E-state index in [1.165, 1.54) is 0 Å². The van der Waals surface area contributed by atoms with E-state index in [4.69, 9.17) is 9.47 Å². The lowest BCUT2D eigenvalue weighted by Gasteiger charge is -2.27. The molecule has 0 amide bonds. The van der Waals surface area contributed by atoms with Crippen molar-refractivity contribution < 1.29 is 35.0 Å². The van der Waals surface area contributed by atoms with Crippen LogP contribution in [0.15, 0.2) is 84.9 Å². The summed E-state index contributed by atoms with van der Waals surface area (Å²) < 4.78 is 13.9. The van der Waals surface area contributed by atoms with E-state index in [0.29, 0.717) is 63.8 Å². The second-order valence-electron chi connectivity index (χ2n) is 32.6. The quantitative estimate of drug-likeness (QED) is 0.103. The molecule has 2 aliphatic rings. The summed E-state index contributed by atoms with van der Waals surface area (Å²) in [5.74, 6) is 2.31. The number of phenolic OH excluding ortho intramolecular Hbond substituents is 5. The minimum Gasteiger partial charge on any atom is -0.507 e. The molecule has 1 aliphatic heterocycles. The van der Waals surface area contributed by atoms with Crippen LogP contribution < -0.4 is 9.47 Å². The molecule has 7 heteroatoms. The molecule has 0 saturated heterocycles. The average molecular weight is 1160 g/mol. The Morgan fingerprint density at radius 1 is 0.209 bits per heavy atom. The van der Waals surface area contributed by atoms with Crippen LogP contribution in [0, 0.1) is 0 Å². The van der Waals surface area contributed by atoms with Gasteiger partial charge in [-0.25, -0.2) is 0 Å². The fraction of sp³-hybridized carbons (Fsp3) is 0.468. The van der Waals surface area contributed by atoms with Gasteiger partial charge in [-0.3, -0.25) is 0 Å². The average Bonchev–Trinajstić information content (AvgIpc) is 1.18. The van der Waals surface area contributed by atoms with Crippen LogP contribution in [0.4, 0.5) is 0 Å². The Bertz CT molecular complexity index is 3530. The van der Waals surface area contributed by atoms with E-state index < -0.39 is 0 Å². The van der Waals surface area contributed by atoms with Gasteiger partial charge in [0, 0.05) is 44.9 Å². The molecule has 0 saturated carbocycles. The van der Waals surface area contributed by atoms with E-state index in [1.54, 1.807) is 0 Å². The van der Waals surface area contributed by atoms with Crippen molar-refractivity contribution in [2.75, 3.05) is 13.2 Å². The van der Waals surface area contributed by atoms with E-state index in [2.05, 4.69) is 230 Å². The van der Waals surface area contributed by atoms with Crippen molar-refractivity contribution in [1.29, 1.82) is 0 Å². The van der Waals surface area contributed by atoms with E-state index >= 15 is 0 Å². The molecule has 5 N–H and O–H groups in total. The summed E-state index contributed by atoms with van der Waals surface area (Å²) in [4.78, 5) is 0. The van der Waals surface area contributed by atoms with Crippen LogP contribution in [0.1, 0.15) is 262 Å². The fourth-order valence-electron chi connectivity index (χ4n) is 12.3. The lowest BCUT2D eigenvalue weighted by molar-refractivity contribution is 0.215. The van der Waals surface area contributed by atoms with Crippen LogP contribution in [0.2, 0.25) is 0 Å². The van der Waals surface area contributed by atoms with Crippen molar-refractivity contribution >= 4 is 0 Å². The molecule has 7 aromatic carbocycles. The molecule has 86 heavy (non-hydrogen) atoms. The van der Waals surface area contributed by atoms with Crippen molar-refractivity contribution in [3.63, 3.8) is 0 Å². The highest BCUT2D eigenvalue weighted by molar-refractivity contribution is 5.62. The Balaban J connectivity index is 1.37. The predicted octanol–water partition coefficient (Wildman–Crippen LogP) is 18.5. The molecular formula is C79H100O7. The molecule has 0 radical (unpaired) electrons. The summed E-state index contributed by atoms with van der Waals surface area (Å²) in [6, 6.07) is 30.1. The van der Waals surface area contributed by atoms with Gasteiger partial charge >= 0.3 is 0 Å². The lowest BCUT2D eigenvalue weighted by Crippen LogP contribution is -2.16. The van der Waals surface area contributed by atoms with Gasteiger partial charge in [0.2, 0.25) is 0 Å². The second kappa shape index (κ2) is 22.4. The van der Waals surface area contributed by atoms with Crippen LogP contribution in [0.5, 0.6) is 40.2 Å². The van der Waals surface area contributed by atoms with Gasteiger partial charge < -0.3 is 35.0 Å². The monoisotopic (exact) mass is 1160 g/mol. The minimum atomic E-state index is -0.319. The summed E-state index contributed by atoms with van der Waals surface area (Å²) in [7, 11) is 0. The Morgan fingerprint density at radius 2 is 0.326 bits per heavy atom. The first kappa shape index (κ1) is 63.6. The van der Waals surface area contributed by atoms with Crippen LogP contribution in [-0.4, -0.2) is 38.7 Å². The van der Waals surface area contributed by atoms with Gasteiger partial charge in [-0.15, -0.1) is 0 Å². The summed E-state index contributed by atoms with van der Waals surface area (Å²) in [5.41, 5.74) is 16.6. The number of hydrogen-bond acceptors (Lipinski definition) is 7. The van der Waals surface area contributed by atoms with Gasteiger partial charge in [-0.2, -0.15) is 0 Å². The van der Waals surface area contributed by atoms with Crippen LogP contribution in [-0.2, 0) is 82.9 Å². The van der Waals surface area contributed by atoms with Crippen molar-refractivity contribution in [3.8, 4) is 40.2 Å². The van der Waals surface area contributed by atoms with Gasteiger partial charge in [0.25, 0.3) is 0 Å². The third-order valence-corrected chi connectivity index (χ3v) is 18.1. The highest BCUT2D eigenvalue weighted by atomic mass is 16.5. The first-order chi connectivity index (χ1) is 39.5. The van der Waals surface area contributed by atoms with E-state index in [9.17, 15) is 25.5 Å². The Kier molecular flexibility index (Phi) is 16.6. The summed E-state index contributed by atoms with van der Waals surface area (Å²) >= 11 is 0. The third-order valence-electron chi connectivity index (χ3n) is 18.1. The molecule has 1 heterocycles. The zero-order valence-corrected chi connectivity index (χ0v) is 56.0. The number of ether oxygens (including phenoxy) is 2. The molecule has 0 fully saturated rings. The standard InChI is InChI=1S/C79H100O7/c1-73(2,3)59-31-45-24-47-33-60(74(4,5)6)35-49(67(47)81)26-51-37-62(76(10,11)12)39-53(69(51)83)28-55-41-64(78(16,17)18)43-57-30-58-44-65(79(19,20)21)42-56(72(58)86-23-22-85-71(55)57)29-54-40-63(77(13,14)15)38-52(70(54)84)27-50-36-61(75(7,8)9)34-48(68(50)82)25-46(32-59)66(45)80/h31-44,80-84H,22-30H2,1-21H3. The summed E-state index contributed by atoms with van der Waals surface area (Å²) in [6.07, 6.45) is 2.30. The number of hydrogen-bond donors (Lipinski definition) is 5. The van der Waals surface area contributed by atoms with Crippen LogP contribution in [0.25, 0.3) is 0 Å². The Labute approximate surface area is 515 Å². The number of fused-ring (bicyclic) bond motifs is 10. The third kappa shape index (κ3) is 13.5. The molecule has 7 aromatic rings. The molecule has 16 bridgehead atoms.